The van der Waals surface area contributed by atoms with Gasteiger partial charge in [-0.25, -0.2) is 0 Å². The van der Waals surface area contributed by atoms with Gasteiger partial charge in [0.2, 0.25) is 5.91 Å². The Morgan fingerprint density at radius 1 is 1.29 bits per heavy atom. The zero-order chi connectivity index (χ0) is 15.4. The van der Waals surface area contributed by atoms with E-state index in [0.29, 0.717) is 6.54 Å². The first kappa shape index (κ1) is 15.5. The highest BCUT2D eigenvalue weighted by Crippen LogP contribution is 2.26. The lowest BCUT2D eigenvalue weighted by Crippen LogP contribution is -2.39. The average molecular weight is 305 g/mol. The lowest BCUT2D eigenvalue weighted by molar-refractivity contribution is -0.144. The Balaban J connectivity index is 2.15. The minimum Gasteiger partial charge on any atom is -0.480 e. The number of carboxylic acids is 1. The van der Waals surface area contributed by atoms with Crippen molar-refractivity contribution in [3.8, 4) is 0 Å². The maximum Gasteiger partial charge on any atom is 0.323 e. The number of nitrogens with zero attached hydrogens (tertiary/aromatic N) is 1. The summed E-state index contributed by atoms with van der Waals surface area (Å²) >= 11 is 1.61. The van der Waals surface area contributed by atoms with Crippen LogP contribution < -0.4 is 0 Å². The Labute approximate surface area is 128 Å². The van der Waals surface area contributed by atoms with Gasteiger partial charge in [0.05, 0.1) is 6.42 Å². The SMILES string of the molecule is CC(C)CN(CC(=O)O)C(=O)Cc1csc2ccccc12. The van der Waals surface area contributed by atoms with Crippen molar-refractivity contribution in [2.75, 3.05) is 13.1 Å². The lowest BCUT2D eigenvalue weighted by atomic mass is 10.1. The highest BCUT2D eigenvalue weighted by molar-refractivity contribution is 7.17. The van der Waals surface area contributed by atoms with E-state index in [1.165, 1.54) is 4.90 Å². The molecule has 0 atom stereocenters. The number of carbonyl (C=O) groups excluding carboxylic acids is 1. The summed E-state index contributed by atoms with van der Waals surface area (Å²) in [5, 5.41) is 12.0. The molecule has 0 saturated heterocycles. The number of hydrogen-bond acceptors (Lipinski definition) is 3. The van der Waals surface area contributed by atoms with Gasteiger partial charge in [0.25, 0.3) is 0 Å². The van der Waals surface area contributed by atoms with Crippen LogP contribution in [0.3, 0.4) is 0 Å². The smallest absolute Gasteiger partial charge is 0.323 e. The van der Waals surface area contributed by atoms with Crippen LogP contribution in [-0.4, -0.2) is 35.0 Å². The minimum atomic E-state index is -0.973. The van der Waals surface area contributed by atoms with E-state index in [4.69, 9.17) is 5.11 Å². The van der Waals surface area contributed by atoms with Crippen LogP contribution in [0, 0.1) is 5.92 Å². The van der Waals surface area contributed by atoms with E-state index in [9.17, 15) is 9.59 Å². The van der Waals surface area contributed by atoms with Crippen molar-refractivity contribution in [1.82, 2.24) is 4.90 Å². The number of benzene rings is 1. The molecule has 1 N–H and O–H groups in total. The van der Waals surface area contributed by atoms with Crippen LogP contribution in [0.15, 0.2) is 29.6 Å². The number of hydrogen-bond donors (Lipinski definition) is 1. The van der Waals surface area contributed by atoms with E-state index in [0.717, 1.165) is 15.6 Å². The number of amides is 1. The summed E-state index contributed by atoms with van der Waals surface area (Å²) in [5.41, 5.74) is 0.972. The Bertz CT molecular complexity index is 648. The number of carbonyl (C=O) groups is 2. The Morgan fingerprint density at radius 2 is 2.00 bits per heavy atom. The van der Waals surface area contributed by atoms with Crippen molar-refractivity contribution in [2.45, 2.75) is 20.3 Å². The molecule has 2 aromatic rings. The van der Waals surface area contributed by atoms with E-state index < -0.39 is 5.97 Å². The Kier molecular flexibility index (Phi) is 4.96. The van der Waals surface area contributed by atoms with Gasteiger partial charge in [0, 0.05) is 11.2 Å². The van der Waals surface area contributed by atoms with Crippen LogP contribution in [0.2, 0.25) is 0 Å². The summed E-state index contributed by atoms with van der Waals surface area (Å²) < 4.78 is 1.15. The first-order valence-electron chi connectivity index (χ1n) is 6.92. The monoisotopic (exact) mass is 305 g/mol. The second-order valence-electron chi connectivity index (χ2n) is 5.50. The average Bonchev–Trinajstić information content (AvgIpc) is 2.80. The summed E-state index contributed by atoms with van der Waals surface area (Å²) in [6.45, 7) is 4.18. The maximum atomic E-state index is 12.4. The third-order valence-electron chi connectivity index (χ3n) is 3.17. The van der Waals surface area contributed by atoms with Crippen LogP contribution in [0.5, 0.6) is 0 Å². The molecule has 1 amide bonds. The summed E-state index contributed by atoms with van der Waals surface area (Å²) in [7, 11) is 0. The van der Waals surface area contributed by atoms with Crippen molar-refractivity contribution >= 4 is 33.3 Å². The molecule has 1 aromatic carbocycles. The molecule has 0 unspecified atom stereocenters. The zero-order valence-electron chi connectivity index (χ0n) is 12.2. The molecule has 2 rings (SSSR count). The standard InChI is InChI=1S/C16H19NO3S/c1-11(2)8-17(9-16(19)20)15(18)7-12-10-21-14-6-4-3-5-13(12)14/h3-6,10-11H,7-9H2,1-2H3,(H,19,20). The topological polar surface area (TPSA) is 57.6 Å². The van der Waals surface area contributed by atoms with Gasteiger partial charge in [0.15, 0.2) is 0 Å². The fourth-order valence-electron chi connectivity index (χ4n) is 2.30. The van der Waals surface area contributed by atoms with Crippen molar-refractivity contribution < 1.29 is 14.7 Å². The second kappa shape index (κ2) is 6.72. The first-order chi connectivity index (χ1) is 9.97. The fraction of sp³-hybridized carbons (Fsp3) is 0.375. The number of rotatable bonds is 6. The highest BCUT2D eigenvalue weighted by atomic mass is 32.1. The van der Waals surface area contributed by atoms with Gasteiger partial charge < -0.3 is 10.0 Å². The third-order valence-corrected chi connectivity index (χ3v) is 4.18. The molecule has 0 bridgehead atoms. The number of aliphatic carboxylic acids is 1. The predicted molar refractivity (Wildman–Crippen MR) is 84.6 cm³/mol. The quantitative estimate of drug-likeness (QED) is 0.892. The van der Waals surface area contributed by atoms with Crippen molar-refractivity contribution in [3.05, 3.63) is 35.2 Å². The maximum absolute atomic E-state index is 12.4. The van der Waals surface area contributed by atoms with Gasteiger partial charge in [-0.3, -0.25) is 9.59 Å². The molecule has 4 nitrogen and oxygen atoms in total. The van der Waals surface area contributed by atoms with Gasteiger partial charge in [0.1, 0.15) is 6.54 Å². The van der Waals surface area contributed by atoms with Gasteiger partial charge in [-0.1, -0.05) is 32.0 Å². The highest BCUT2D eigenvalue weighted by Gasteiger charge is 2.19. The summed E-state index contributed by atoms with van der Waals surface area (Å²) in [6, 6.07) is 7.95. The van der Waals surface area contributed by atoms with Crippen molar-refractivity contribution in [1.29, 1.82) is 0 Å². The van der Waals surface area contributed by atoms with Crippen molar-refractivity contribution in [2.24, 2.45) is 5.92 Å². The van der Waals surface area contributed by atoms with Crippen LogP contribution in [-0.2, 0) is 16.0 Å². The third kappa shape index (κ3) is 4.04. The van der Waals surface area contributed by atoms with Crippen LogP contribution in [0.1, 0.15) is 19.4 Å². The van der Waals surface area contributed by atoms with Gasteiger partial charge in [-0.15, -0.1) is 11.3 Å². The fourth-order valence-corrected chi connectivity index (χ4v) is 3.27. The van der Waals surface area contributed by atoms with Crippen LogP contribution in [0.4, 0.5) is 0 Å². The molecule has 112 valence electrons. The molecule has 0 aliphatic heterocycles. The van der Waals surface area contributed by atoms with Gasteiger partial charge in [-0.2, -0.15) is 0 Å². The van der Waals surface area contributed by atoms with E-state index in [-0.39, 0.29) is 24.8 Å². The Hall–Kier alpha value is -1.88. The molecule has 0 aliphatic rings. The predicted octanol–water partition coefficient (Wildman–Crippen LogP) is 3.01. The summed E-state index contributed by atoms with van der Waals surface area (Å²) in [5.74, 6) is -0.860. The molecule has 0 spiro atoms. The van der Waals surface area contributed by atoms with E-state index >= 15 is 0 Å². The van der Waals surface area contributed by atoms with Crippen molar-refractivity contribution in [3.63, 3.8) is 0 Å². The molecule has 5 heteroatoms. The molecule has 0 fully saturated rings. The number of carboxylic acid groups (broad SMARTS) is 1. The van der Waals surface area contributed by atoms with Crippen LogP contribution in [0.25, 0.3) is 10.1 Å². The number of thiophene rings is 1. The van der Waals surface area contributed by atoms with E-state index in [1.54, 1.807) is 11.3 Å². The molecular formula is C16H19NO3S. The molecule has 0 aliphatic carbocycles. The van der Waals surface area contributed by atoms with E-state index in [1.807, 2.05) is 43.5 Å². The van der Waals surface area contributed by atoms with Crippen LogP contribution >= 0.6 is 11.3 Å². The largest absolute Gasteiger partial charge is 0.480 e. The van der Waals surface area contributed by atoms with E-state index in [2.05, 4.69) is 0 Å². The minimum absolute atomic E-state index is 0.130. The number of fused-ring (bicyclic) bond motifs is 1. The summed E-state index contributed by atoms with van der Waals surface area (Å²) in [4.78, 5) is 24.7. The van der Waals surface area contributed by atoms with Gasteiger partial charge in [-0.05, 0) is 28.3 Å². The molecule has 21 heavy (non-hydrogen) atoms. The normalized spacial score (nSPS) is 11.0. The lowest BCUT2D eigenvalue weighted by Gasteiger charge is -2.22. The molecule has 1 aromatic heterocycles. The molecule has 1 heterocycles. The molecular weight excluding hydrogens is 286 g/mol. The zero-order valence-corrected chi connectivity index (χ0v) is 13.0. The summed E-state index contributed by atoms with van der Waals surface area (Å²) in [6.07, 6.45) is 0.254. The molecule has 0 radical (unpaired) electrons. The first-order valence-corrected chi connectivity index (χ1v) is 7.80. The van der Waals surface area contributed by atoms with Gasteiger partial charge >= 0.3 is 5.97 Å². The Morgan fingerprint density at radius 3 is 2.67 bits per heavy atom. The molecule has 0 saturated carbocycles. The second-order valence-corrected chi connectivity index (χ2v) is 6.41.